The van der Waals surface area contributed by atoms with Gasteiger partial charge in [0.2, 0.25) is 5.28 Å². The zero-order valence-electron chi connectivity index (χ0n) is 17.6. The molecule has 7 nitrogen and oxygen atoms in total. The molecule has 1 aliphatic carbocycles. The normalized spacial score (nSPS) is 20.7. The molecule has 2 aromatic heterocycles. The van der Waals surface area contributed by atoms with Gasteiger partial charge in [-0.1, -0.05) is 12.8 Å². The monoisotopic (exact) mass is 437 g/mol. The van der Waals surface area contributed by atoms with E-state index >= 15 is 0 Å². The van der Waals surface area contributed by atoms with Gasteiger partial charge in [-0.05, 0) is 54.3 Å². The highest BCUT2D eigenvalue weighted by Crippen LogP contribution is 2.39. The Kier molecular flexibility index (Phi) is 5.14. The summed E-state index contributed by atoms with van der Waals surface area (Å²) in [5.74, 6) is 1.46. The lowest BCUT2D eigenvalue weighted by Gasteiger charge is -2.25. The highest BCUT2D eigenvalue weighted by atomic mass is 35.5. The van der Waals surface area contributed by atoms with Gasteiger partial charge in [0.25, 0.3) is 0 Å². The number of imidazole rings is 1. The molecule has 1 aromatic carbocycles. The highest BCUT2D eigenvalue weighted by molar-refractivity contribution is 6.28. The summed E-state index contributed by atoms with van der Waals surface area (Å²) in [6.45, 7) is 0. The van der Waals surface area contributed by atoms with Gasteiger partial charge in [0, 0.05) is 24.7 Å². The summed E-state index contributed by atoms with van der Waals surface area (Å²) in [6, 6.07) is 6.24. The summed E-state index contributed by atoms with van der Waals surface area (Å²) < 4.78 is 13.1. The quantitative estimate of drug-likeness (QED) is 0.523. The molecule has 1 saturated carbocycles. The van der Waals surface area contributed by atoms with Gasteiger partial charge < -0.3 is 14.0 Å². The fourth-order valence-electron chi connectivity index (χ4n) is 4.67. The Labute approximate surface area is 185 Å². The number of ether oxygens (including phenoxy) is 2. The number of fused-ring (bicyclic) bond motifs is 1. The van der Waals surface area contributed by atoms with Crippen LogP contribution in [0.15, 0.2) is 41.7 Å². The molecule has 3 aromatic rings. The second-order valence-electron chi connectivity index (χ2n) is 8.06. The molecule has 1 atom stereocenters. The molecule has 3 heterocycles. The molecular weight excluding hydrogens is 414 g/mol. The first kappa shape index (κ1) is 20.0. The van der Waals surface area contributed by atoms with Crippen molar-refractivity contribution >= 4 is 29.0 Å². The van der Waals surface area contributed by atoms with Gasteiger partial charge in [-0.25, -0.2) is 9.97 Å². The Hall–Kier alpha value is -2.93. The number of aromatic nitrogens is 4. The Bertz CT molecular complexity index is 1150. The van der Waals surface area contributed by atoms with E-state index < -0.39 is 5.54 Å². The van der Waals surface area contributed by atoms with Gasteiger partial charge >= 0.3 is 0 Å². The predicted molar refractivity (Wildman–Crippen MR) is 120 cm³/mol. The van der Waals surface area contributed by atoms with Gasteiger partial charge in [-0.2, -0.15) is 4.98 Å². The summed E-state index contributed by atoms with van der Waals surface area (Å²) in [7, 11) is 3.29. The van der Waals surface area contributed by atoms with Crippen LogP contribution >= 0.6 is 11.6 Å². The number of rotatable bonds is 6. The number of benzene rings is 1. The smallest absolute Gasteiger partial charge is 0.224 e. The Balaban J connectivity index is 1.63. The molecule has 0 radical (unpaired) electrons. The molecule has 5 rings (SSSR count). The minimum absolute atomic E-state index is 0.209. The number of allylic oxidation sites excluding steroid dienone is 1. The number of hydrogen-bond donors (Lipinski definition) is 0. The molecule has 2 aliphatic rings. The topological polar surface area (TPSA) is 74.4 Å². The first-order chi connectivity index (χ1) is 15.1. The maximum atomic E-state index is 6.42. The van der Waals surface area contributed by atoms with E-state index in [-0.39, 0.29) is 5.28 Å². The van der Waals surface area contributed by atoms with E-state index in [2.05, 4.69) is 14.5 Å². The van der Waals surface area contributed by atoms with Crippen molar-refractivity contribution in [3.63, 3.8) is 0 Å². The van der Waals surface area contributed by atoms with Crippen LogP contribution in [0.25, 0.3) is 11.2 Å². The van der Waals surface area contributed by atoms with Crippen molar-refractivity contribution in [1.29, 1.82) is 0 Å². The highest BCUT2D eigenvalue weighted by Gasteiger charge is 2.37. The van der Waals surface area contributed by atoms with Crippen LogP contribution in [-0.4, -0.2) is 40.0 Å². The van der Waals surface area contributed by atoms with Crippen LogP contribution in [0, 0.1) is 0 Å². The van der Waals surface area contributed by atoms with Crippen LogP contribution in [0.4, 0.5) is 0 Å². The second kappa shape index (κ2) is 7.96. The minimum atomic E-state index is -0.725. The molecule has 1 aliphatic heterocycles. The minimum Gasteiger partial charge on any atom is -0.497 e. The van der Waals surface area contributed by atoms with E-state index in [1.165, 1.54) is 12.8 Å². The van der Waals surface area contributed by atoms with E-state index in [1.807, 2.05) is 36.7 Å². The zero-order chi connectivity index (χ0) is 21.4. The third-order valence-electron chi connectivity index (χ3n) is 6.17. The lowest BCUT2D eigenvalue weighted by atomic mass is 9.87. The Morgan fingerprint density at radius 2 is 1.84 bits per heavy atom. The van der Waals surface area contributed by atoms with E-state index in [1.54, 1.807) is 20.4 Å². The van der Waals surface area contributed by atoms with E-state index in [0.717, 1.165) is 41.1 Å². The number of hydrogen-bond acceptors (Lipinski definition) is 6. The molecule has 1 unspecified atom stereocenters. The summed E-state index contributed by atoms with van der Waals surface area (Å²) >= 11 is 6.42. The first-order valence-electron chi connectivity index (χ1n) is 10.5. The van der Waals surface area contributed by atoms with Crippen LogP contribution in [0.1, 0.15) is 43.0 Å². The van der Waals surface area contributed by atoms with Crippen molar-refractivity contribution in [2.24, 2.45) is 4.99 Å². The maximum absolute atomic E-state index is 6.42. The molecular formula is C23H24ClN5O2. The van der Waals surface area contributed by atoms with Crippen molar-refractivity contribution in [2.45, 2.75) is 43.7 Å². The van der Waals surface area contributed by atoms with E-state index in [9.17, 15) is 0 Å². The second-order valence-corrected chi connectivity index (χ2v) is 8.40. The van der Waals surface area contributed by atoms with E-state index in [4.69, 9.17) is 31.1 Å². The third kappa shape index (κ3) is 3.57. The third-order valence-corrected chi connectivity index (χ3v) is 6.34. The van der Waals surface area contributed by atoms with Crippen molar-refractivity contribution in [2.75, 3.05) is 14.2 Å². The average Bonchev–Trinajstić information content (AvgIpc) is 3.53. The number of halogens is 1. The molecule has 0 bridgehead atoms. The van der Waals surface area contributed by atoms with Crippen molar-refractivity contribution < 1.29 is 9.47 Å². The van der Waals surface area contributed by atoms with Gasteiger partial charge in [0.05, 0.1) is 20.5 Å². The fraction of sp³-hybridized carbons (Fsp3) is 0.391. The standard InChI is InChI=1S/C23H24ClN5O2/c1-30-17-10-15(11-18(12-17)31-2)13-23(8-5-9-26-23)20-19-21(28-22(24)27-20)29(14-25-19)16-6-3-4-7-16/h5,8-12,14,16H,3-4,6-7,13H2,1-2H3. The van der Waals surface area contributed by atoms with Gasteiger partial charge in [-0.15, -0.1) is 0 Å². The largest absolute Gasteiger partial charge is 0.497 e. The molecule has 1 fully saturated rings. The number of nitrogens with zero attached hydrogens (tertiary/aromatic N) is 5. The SMILES string of the molecule is COc1cc(CC2(c3nc(Cl)nc4c3ncn4C3CCCC3)C=CC=N2)cc(OC)c1. The van der Waals surface area contributed by atoms with Crippen LogP contribution in [0.2, 0.25) is 5.28 Å². The van der Waals surface area contributed by atoms with Crippen LogP contribution < -0.4 is 9.47 Å². The summed E-state index contributed by atoms with van der Waals surface area (Å²) in [5, 5.41) is 0.209. The molecule has 31 heavy (non-hydrogen) atoms. The van der Waals surface area contributed by atoms with Crippen molar-refractivity contribution in [3.8, 4) is 11.5 Å². The lowest BCUT2D eigenvalue weighted by molar-refractivity contribution is 0.392. The fourth-order valence-corrected chi connectivity index (χ4v) is 4.84. The van der Waals surface area contributed by atoms with Crippen LogP contribution in [0.5, 0.6) is 11.5 Å². The van der Waals surface area contributed by atoms with Gasteiger partial charge in [0.1, 0.15) is 28.2 Å². The van der Waals surface area contributed by atoms with Gasteiger partial charge in [0.15, 0.2) is 5.65 Å². The molecule has 8 heteroatoms. The van der Waals surface area contributed by atoms with Crippen molar-refractivity contribution in [1.82, 2.24) is 19.5 Å². The number of methoxy groups -OCH3 is 2. The summed E-state index contributed by atoms with van der Waals surface area (Å²) in [6.07, 6.45) is 12.9. The van der Waals surface area contributed by atoms with Gasteiger partial charge in [-0.3, -0.25) is 4.99 Å². The summed E-state index contributed by atoms with van der Waals surface area (Å²) in [4.78, 5) is 18.7. The Morgan fingerprint density at radius 3 is 2.48 bits per heavy atom. The first-order valence-corrected chi connectivity index (χ1v) is 10.9. The zero-order valence-corrected chi connectivity index (χ0v) is 18.3. The number of aliphatic imine (C=N–C) groups is 1. The lowest BCUT2D eigenvalue weighted by Crippen LogP contribution is -2.25. The maximum Gasteiger partial charge on any atom is 0.224 e. The van der Waals surface area contributed by atoms with Crippen LogP contribution in [-0.2, 0) is 12.0 Å². The van der Waals surface area contributed by atoms with E-state index in [0.29, 0.717) is 18.2 Å². The predicted octanol–water partition coefficient (Wildman–Crippen LogP) is 4.69. The molecule has 0 saturated heterocycles. The molecule has 0 amide bonds. The molecule has 160 valence electrons. The van der Waals surface area contributed by atoms with Crippen molar-refractivity contribution in [3.05, 3.63) is 53.2 Å². The summed E-state index contributed by atoms with van der Waals surface area (Å²) in [5.41, 5.74) is 2.52. The average molecular weight is 438 g/mol. The molecule has 0 N–H and O–H groups in total. The molecule has 0 spiro atoms. The Morgan fingerprint density at radius 1 is 1.10 bits per heavy atom. The van der Waals surface area contributed by atoms with Crippen LogP contribution in [0.3, 0.4) is 0 Å².